The quantitative estimate of drug-likeness (QED) is 0.0261. The van der Waals surface area contributed by atoms with Crippen LogP contribution in [-0.2, 0) is 28.6 Å². The molecule has 0 saturated heterocycles. The molecule has 0 heterocycles. The molecule has 0 aliphatic rings. The molecule has 1 atom stereocenters. The van der Waals surface area contributed by atoms with Crippen molar-refractivity contribution in [3.05, 3.63) is 48.6 Å². The SMILES string of the molecule is CCCCCC/C=C\C/C=C\CCCCCCCC(=O)OC(COC(=O)CCCCCCC/C=C\CCCCCC)COC(=O)CCCCCCCCCCCCCCCCCCCCCCCCC/C=C\CCCCCCCCCC. The van der Waals surface area contributed by atoms with Crippen LogP contribution in [0, 0.1) is 0 Å². The number of hydrogen-bond donors (Lipinski definition) is 0. The van der Waals surface area contributed by atoms with Crippen molar-refractivity contribution in [1.82, 2.24) is 0 Å². The second-order valence-corrected chi connectivity index (χ2v) is 24.8. The standard InChI is InChI=1S/C76H140O6/c1-4-7-10-13-16-19-22-25-27-29-30-31-32-33-34-35-36-37-38-39-40-41-42-43-44-45-46-47-49-51-54-57-60-63-66-69-75(78)81-72-73(71-80-74(77)68-65-62-59-56-53-50-24-21-18-15-12-9-6-3)82-76(79)70-67-64-61-58-55-52-48-28-26-23-20-17-14-11-8-5-2/h20-21,23-24,28-30,48,73H,4-19,22,25-27,31-47,49-72H2,1-3H3/b23-20-,24-21-,30-29-,48-28-. The fraction of sp³-hybridized carbons (Fsp3) is 0.855. The third-order valence-electron chi connectivity index (χ3n) is 16.5. The second-order valence-electron chi connectivity index (χ2n) is 24.8. The van der Waals surface area contributed by atoms with E-state index in [-0.39, 0.29) is 31.1 Å². The molecule has 0 N–H and O–H groups in total. The predicted molar refractivity (Wildman–Crippen MR) is 358 cm³/mol. The Bertz CT molecular complexity index is 1410. The lowest BCUT2D eigenvalue weighted by Gasteiger charge is -2.18. The number of carbonyl (C=O) groups is 3. The molecule has 0 saturated carbocycles. The van der Waals surface area contributed by atoms with Gasteiger partial charge in [0.2, 0.25) is 0 Å². The van der Waals surface area contributed by atoms with Gasteiger partial charge in [-0.25, -0.2) is 0 Å². The lowest BCUT2D eigenvalue weighted by Crippen LogP contribution is -2.30. The summed E-state index contributed by atoms with van der Waals surface area (Å²) < 4.78 is 16.9. The van der Waals surface area contributed by atoms with Crippen LogP contribution in [0.2, 0.25) is 0 Å². The van der Waals surface area contributed by atoms with Crippen LogP contribution in [0.4, 0.5) is 0 Å². The highest BCUT2D eigenvalue weighted by Gasteiger charge is 2.19. The molecule has 0 fully saturated rings. The van der Waals surface area contributed by atoms with E-state index in [4.69, 9.17) is 14.2 Å². The van der Waals surface area contributed by atoms with E-state index < -0.39 is 6.10 Å². The topological polar surface area (TPSA) is 78.9 Å². The number of unbranched alkanes of at least 4 members (excludes halogenated alkanes) is 49. The number of esters is 3. The van der Waals surface area contributed by atoms with Gasteiger partial charge in [0.15, 0.2) is 6.10 Å². The van der Waals surface area contributed by atoms with Crippen LogP contribution in [0.5, 0.6) is 0 Å². The molecule has 0 aromatic rings. The second kappa shape index (κ2) is 70.9. The summed E-state index contributed by atoms with van der Waals surface area (Å²) in [6.07, 6.45) is 90.3. The van der Waals surface area contributed by atoms with Gasteiger partial charge in [0.1, 0.15) is 13.2 Å². The Morgan fingerprint density at radius 1 is 0.244 bits per heavy atom. The third-order valence-corrected chi connectivity index (χ3v) is 16.5. The van der Waals surface area contributed by atoms with Gasteiger partial charge in [-0.05, 0) is 103 Å². The summed E-state index contributed by atoms with van der Waals surface area (Å²) in [5, 5.41) is 0. The van der Waals surface area contributed by atoms with Crippen molar-refractivity contribution in [2.24, 2.45) is 0 Å². The van der Waals surface area contributed by atoms with Crippen LogP contribution in [0.3, 0.4) is 0 Å². The van der Waals surface area contributed by atoms with Gasteiger partial charge in [0.25, 0.3) is 0 Å². The molecular formula is C76H140O6. The van der Waals surface area contributed by atoms with Crippen molar-refractivity contribution in [2.75, 3.05) is 13.2 Å². The van der Waals surface area contributed by atoms with Gasteiger partial charge in [-0.1, -0.05) is 326 Å². The maximum atomic E-state index is 12.9. The molecule has 0 spiro atoms. The monoisotopic (exact) mass is 1150 g/mol. The van der Waals surface area contributed by atoms with Crippen LogP contribution < -0.4 is 0 Å². The molecule has 0 aliphatic heterocycles. The molecule has 1 unspecified atom stereocenters. The van der Waals surface area contributed by atoms with E-state index in [1.807, 2.05) is 0 Å². The summed E-state index contributed by atoms with van der Waals surface area (Å²) in [6.45, 7) is 6.65. The highest BCUT2D eigenvalue weighted by atomic mass is 16.6. The van der Waals surface area contributed by atoms with Gasteiger partial charge >= 0.3 is 17.9 Å². The van der Waals surface area contributed by atoms with Crippen LogP contribution in [0.25, 0.3) is 0 Å². The first-order chi connectivity index (χ1) is 40.5. The summed E-state index contributed by atoms with van der Waals surface area (Å²) in [5.74, 6) is -0.878. The Balaban J connectivity index is 4.07. The Labute approximate surface area is 511 Å². The number of carbonyl (C=O) groups excluding carboxylic acids is 3. The highest BCUT2D eigenvalue weighted by Crippen LogP contribution is 2.18. The van der Waals surface area contributed by atoms with E-state index in [0.29, 0.717) is 19.3 Å². The molecule has 480 valence electrons. The Hall–Kier alpha value is -2.63. The van der Waals surface area contributed by atoms with E-state index in [9.17, 15) is 14.4 Å². The number of ether oxygens (including phenoxy) is 3. The van der Waals surface area contributed by atoms with Crippen molar-refractivity contribution in [2.45, 2.75) is 406 Å². The predicted octanol–water partition coefficient (Wildman–Crippen LogP) is 25.3. The summed E-state index contributed by atoms with van der Waals surface area (Å²) in [6, 6.07) is 0. The number of rotatable bonds is 68. The molecule has 6 nitrogen and oxygen atoms in total. The zero-order chi connectivity index (χ0) is 59.2. The first-order valence-electron chi connectivity index (χ1n) is 36.6. The van der Waals surface area contributed by atoms with Gasteiger partial charge in [0.05, 0.1) is 0 Å². The van der Waals surface area contributed by atoms with Crippen molar-refractivity contribution in [1.29, 1.82) is 0 Å². The molecule has 82 heavy (non-hydrogen) atoms. The summed E-state index contributed by atoms with van der Waals surface area (Å²) in [7, 11) is 0. The van der Waals surface area contributed by atoms with E-state index in [2.05, 4.69) is 69.4 Å². The maximum Gasteiger partial charge on any atom is 0.306 e. The van der Waals surface area contributed by atoms with Crippen LogP contribution in [0.1, 0.15) is 400 Å². The summed E-state index contributed by atoms with van der Waals surface area (Å²) in [4.78, 5) is 38.3. The van der Waals surface area contributed by atoms with Gasteiger partial charge in [0, 0.05) is 19.3 Å². The van der Waals surface area contributed by atoms with E-state index in [1.54, 1.807) is 0 Å². The highest BCUT2D eigenvalue weighted by molar-refractivity contribution is 5.71. The molecule has 0 aromatic heterocycles. The van der Waals surface area contributed by atoms with Crippen molar-refractivity contribution < 1.29 is 28.6 Å². The fourth-order valence-corrected chi connectivity index (χ4v) is 11.0. The zero-order valence-electron chi connectivity index (χ0n) is 55.3. The third kappa shape index (κ3) is 68.2. The van der Waals surface area contributed by atoms with Gasteiger partial charge in [-0.2, -0.15) is 0 Å². The molecule has 0 aromatic carbocycles. The number of allylic oxidation sites excluding steroid dienone is 8. The van der Waals surface area contributed by atoms with Crippen LogP contribution in [0.15, 0.2) is 48.6 Å². The Morgan fingerprint density at radius 2 is 0.439 bits per heavy atom. The molecule has 0 amide bonds. The van der Waals surface area contributed by atoms with Crippen LogP contribution >= 0.6 is 0 Å². The van der Waals surface area contributed by atoms with E-state index >= 15 is 0 Å². The fourth-order valence-electron chi connectivity index (χ4n) is 11.0. The average molecular weight is 1150 g/mol. The molecule has 0 rings (SSSR count). The molecule has 0 aliphatic carbocycles. The largest absolute Gasteiger partial charge is 0.462 e. The minimum absolute atomic E-state index is 0.0775. The first-order valence-corrected chi connectivity index (χ1v) is 36.6. The molecule has 0 bridgehead atoms. The average Bonchev–Trinajstić information content (AvgIpc) is 3.47. The summed E-state index contributed by atoms with van der Waals surface area (Å²) >= 11 is 0. The van der Waals surface area contributed by atoms with Crippen molar-refractivity contribution in [3.63, 3.8) is 0 Å². The zero-order valence-corrected chi connectivity index (χ0v) is 55.3. The Morgan fingerprint density at radius 3 is 0.695 bits per heavy atom. The van der Waals surface area contributed by atoms with Crippen molar-refractivity contribution in [3.8, 4) is 0 Å². The normalized spacial score (nSPS) is 12.3. The van der Waals surface area contributed by atoms with E-state index in [0.717, 1.165) is 89.9 Å². The van der Waals surface area contributed by atoms with Crippen molar-refractivity contribution >= 4 is 17.9 Å². The Kier molecular flexibility index (Phi) is 68.6. The molecular weight excluding hydrogens is 1010 g/mol. The lowest BCUT2D eigenvalue weighted by molar-refractivity contribution is -0.167. The minimum atomic E-state index is -0.783. The van der Waals surface area contributed by atoms with Gasteiger partial charge < -0.3 is 14.2 Å². The lowest BCUT2D eigenvalue weighted by atomic mass is 10.0. The minimum Gasteiger partial charge on any atom is -0.462 e. The maximum absolute atomic E-state index is 12.9. The first kappa shape index (κ1) is 79.4. The smallest absolute Gasteiger partial charge is 0.306 e. The molecule has 0 radical (unpaired) electrons. The summed E-state index contributed by atoms with van der Waals surface area (Å²) in [5.41, 5.74) is 0. The number of hydrogen-bond acceptors (Lipinski definition) is 6. The van der Waals surface area contributed by atoms with Gasteiger partial charge in [-0.15, -0.1) is 0 Å². The van der Waals surface area contributed by atoms with Crippen LogP contribution in [-0.4, -0.2) is 37.2 Å². The molecule has 6 heteroatoms. The van der Waals surface area contributed by atoms with E-state index in [1.165, 1.54) is 270 Å². The van der Waals surface area contributed by atoms with Gasteiger partial charge in [-0.3, -0.25) is 14.4 Å².